The number of piperidine rings is 1. The van der Waals surface area contributed by atoms with Gasteiger partial charge in [-0.1, -0.05) is 0 Å². The van der Waals surface area contributed by atoms with Gasteiger partial charge in [0.1, 0.15) is 11.8 Å². The third-order valence-corrected chi connectivity index (χ3v) is 3.29. The molecule has 17 heavy (non-hydrogen) atoms. The molecule has 0 saturated carbocycles. The summed E-state index contributed by atoms with van der Waals surface area (Å²) < 4.78 is 19.1. The molecule has 5 heteroatoms. The molecule has 2 saturated heterocycles. The number of ether oxygens (including phenoxy) is 1. The molecule has 0 aromatic carbocycles. The quantitative estimate of drug-likeness (QED) is 0.703. The Morgan fingerprint density at radius 3 is 2.76 bits per heavy atom. The number of hydrogen-bond acceptors (Lipinski definition) is 3. The van der Waals surface area contributed by atoms with Crippen molar-refractivity contribution in [1.82, 2.24) is 10.2 Å². The molecule has 0 radical (unpaired) electrons. The van der Waals surface area contributed by atoms with Crippen molar-refractivity contribution in [3.8, 4) is 0 Å². The molecule has 0 aromatic heterocycles. The molecule has 3 unspecified atom stereocenters. The number of likely N-dealkylation sites (tertiary alicyclic amines) is 1. The van der Waals surface area contributed by atoms with Gasteiger partial charge in [-0.15, -0.1) is 0 Å². The fraction of sp³-hybridized carbons (Fsp3) is 0.917. The van der Waals surface area contributed by atoms with Gasteiger partial charge >= 0.3 is 6.09 Å². The van der Waals surface area contributed by atoms with Crippen LogP contribution in [0.3, 0.4) is 0 Å². The van der Waals surface area contributed by atoms with Gasteiger partial charge in [-0.25, -0.2) is 9.18 Å². The average Bonchev–Trinajstić information content (AvgIpc) is 2.63. The molecule has 2 heterocycles. The Bertz CT molecular complexity index is 303. The van der Waals surface area contributed by atoms with Gasteiger partial charge in [0.25, 0.3) is 0 Å². The highest BCUT2D eigenvalue weighted by Gasteiger charge is 2.42. The highest BCUT2D eigenvalue weighted by Crippen LogP contribution is 2.27. The lowest BCUT2D eigenvalue weighted by atomic mass is 9.92. The zero-order valence-corrected chi connectivity index (χ0v) is 10.7. The van der Waals surface area contributed by atoms with E-state index in [-0.39, 0.29) is 18.5 Å². The number of nitrogens with one attached hydrogen (secondary N) is 1. The number of halogens is 1. The minimum absolute atomic E-state index is 0.0753. The highest BCUT2D eigenvalue weighted by atomic mass is 19.1. The van der Waals surface area contributed by atoms with E-state index in [0.717, 1.165) is 13.0 Å². The standard InChI is InChI=1S/C12H21FN2O2/c1-12(2,3)17-11(16)15-6-8-4-5-14-10(8)9(13)7-15/h8-10,14H,4-7H2,1-3H3. The van der Waals surface area contributed by atoms with Gasteiger partial charge in [0.2, 0.25) is 0 Å². The van der Waals surface area contributed by atoms with Crippen LogP contribution in [0.4, 0.5) is 9.18 Å². The maximum absolute atomic E-state index is 13.9. The molecule has 2 rings (SSSR count). The number of rotatable bonds is 0. The summed E-state index contributed by atoms with van der Waals surface area (Å²) in [5.41, 5.74) is -0.520. The Balaban J connectivity index is 1.96. The van der Waals surface area contributed by atoms with E-state index in [9.17, 15) is 9.18 Å². The molecule has 2 fully saturated rings. The lowest BCUT2D eigenvalue weighted by Gasteiger charge is -2.37. The lowest BCUT2D eigenvalue weighted by molar-refractivity contribution is 0.00304. The molecule has 3 atom stereocenters. The van der Waals surface area contributed by atoms with E-state index in [4.69, 9.17) is 4.74 Å². The Morgan fingerprint density at radius 2 is 2.12 bits per heavy atom. The zero-order valence-electron chi connectivity index (χ0n) is 10.7. The van der Waals surface area contributed by atoms with E-state index in [0.29, 0.717) is 6.54 Å². The van der Waals surface area contributed by atoms with Crippen molar-refractivity contribution >= 4 is 6.09 Å². The van der Waals surface area contributed by atoms with Crippen LogP contribution in [-0.2, 0) is 4.74 Å². The van der Waals surface area contributed by atoms with Crippen molar-refractivity contribution in [2.75, 3.05) is 19.6 Å². The molecule has 0 bridgehead atoms. The predicted molar refractivity (Wildman–Crippen MR) is 62.6 cm³/mol. The lowest BCUT2D eigenvalue weighted by Crippen LogP contribution is -2.54. The molecule has 0 aromatic rings. The number of hydrogen-bond donors (Lipinski definition) is 1. The van der Waals surface area contributed by atoms with E-state index in [2.05, 4.69) is 5.32 Å². The predicted octanol–water partition coefficient (Wildman–Crippen LogP) is 1.55. The van der Waals surface area contributed by atoms with Crippen molar-refractivity contribution in [1.29, 1.82) is 0 Å². The van der Waals surface area contributed by atoms with Gasteiger partial charge in [-0.3, -0.25) is 0 Å². The highest BCUT2D eigenvalue weighted by molar-refractivity contribution is 5.68. The van der Waals surface area contributed by atoms with Crippen LogP contribution in [0, 0.1) is 5.92 Å². The van der Waals surface area contributed by atoms with E-state index in [1.54, 1.807) is 0 Å². The summed E-state index contributed by atoms with van der Waals surface area (Å²) in [7, 11) is 0. The van der Waals surface area contributed by atoms with Gasteiger partial charge in [0.05, 0.1) is 6.54 Å². The fourth-order valence-electron chi connectivity index (χ4n) is 2.57. The molecule has 0 spiro atoms. The van der Waals surface area contributed by atoms with Crippen molar-refractivity contribution in [3.05, 3.63) is 0 Å². The van der Waals surface area contributed by atoms with Crippen LogP contribution >= 0.6 is 0 Å². The summed E-state index contributed by atoms with van der Waals surface area (Å²) in [6.07, 6.45) is -0.445. The second-order valence-corrected chi connectivity index (χ2v) is 5.93. The largest absolute Gasteiger partial charge is 0.444 e. The van der Waals surface area contributed by atoms with Gasteiger partial charge in [0.15, 0.2) is 0 Å². The second-order valence-electron chi connectivity index (χ2n) is 5.93. The molecule has 1 N–H and O–H groups in total. The van der Waals surface area contributed by atoms with Crippen LogP contribution in [0.1, 0.15) is 27.2 Å². The number of nitrogens with zero attached hydrogens (tertiary/aromatic N) is 1. The first-order valence-corrected chi connectivity index (χ1v) is 6.22. The van der Waals surface area contributed by atoms with Crippen LogP contribution in [0.5, 0.6) is 0 Å². The normalized spacial score (nSPS) is 33.4. The summed E-state index contributed by atoms with van der Waals surface area (Å²) in [5.74, 6) is 0.228. The smallest absolute Gasteiger partial charge is 0.410 e. The summed E-state index contributed by atoms with van der Waals surface area (Å²) in [5, 5.41) is 3.16. The van der Waals surface area contributed by atoms with Crippen LogP contribution in [0.2, 0.25) is 0 Å². The number of amides is 1. The van der Waals surface area contributed by atoms with Gasteiger partial charge in [-0.05, 0) is 39.7 Å². The minimum Gasteiger partial charge on any atom is -0.444 e. The van der Waals surface area contributed by atoms with E-state index >= 15 is 0 Å². The van der Waals surface area contributed by atoms with Crippen LogP contribution in [0.15, 0.2) is 0 Å². The number of alkyl halides is 1. The average molecular weight is 244 g/mol. The van der Waals surface area contributed by atoms with Crippen molar-refractivity contribution in [2.24, 2.45) is 5.92 Å². The SMILES string of the molecule is CC(C)(C)OC(=O)N1CC(F)C2NCCC2C1. The minimum atomic E-state index is -0.983. The monoisotopic (exact) mass is 244 g/mol. The molecular formula is C12H21FN2O2. The molecule has 0 aliphatic carbocycles. The van der Waals surface area contributed by atoms with Crippen LogP contribution in [-0.4, -0.2) is 48.4 Å². The van der Waals surface area contributed by atoms with Crippen molar-refractivity contribution in [3.63, 3.8) is 0 Å². The first kappa shape index (κ1) is 12.6. The number of fused-ring (bicyclic) bond motifs is 1. The van der Waals surface area contributed by atoms with Gasteiger partial charge in [-0.2, -0.15) is 0 Å². The summed E-state index contributed by atoms with van der Waals surface area (Å²) >= 11 is 0. The van der Waals surface area contributed by atoms with Crippen molar-refractivity contribution in [2.45, 2.75) is 45.0 Å². The second kappa shape index (κ2) is 4.44. The van der Waals surface area contributed by atoms with E-state index in [1.165, 1.54) is 4.90 Å². The number of carbonyl (C=O) groups excluding carboxylic acids is 1. The molecule has 4 nitrogen and oxygen atoms in total. The summed E-state index contributed by atoms with van der Waals surface area (Å²) in [6.45, 7) is 7.05. The van der Waals surface area contributed by atoms with Crippen LogP contribution in [0.25, 0.3) is 0 Å². The summed E-state index contributed by atoms with van der Waals surface area (Å²) in [4.78, 5) is 13.4. The first-order valence-electron chi connectivity index (χ1n) is 6.22. The molecule has 1 amide bonds. The fourth-order valence-corrected chi connectivity index (χ4v) is 2.57. The molecule has 2 aliphatic heterocycles. The molecule has 98 valence electrons. The maximum Gasteiger partial charge on any atom is 0.410 e. The third-order valence-electron chi connectivity index (χ3n) is 3.29. The Morgan fingerprint density at radius 1 is 1.41 bits per heavy atom. The summed E-state index contributed by atoms with van der Waals surface area (Å²) in [6, 6.07) is -0.0753. The Kier molecular flexibility index (Phi) is 3.30. The van der Waals surface area contributed by atoms with Gasteiger partial charge in [0, 0.05) is 12.6 Å². The Hall–Kier alpha value is -0.840. The molecular weight excluding hydrogens is 223 g/mol. The number of carbonyl (C=O) groups is 1. The molecule has 2 aliphatic rings. The van der Waals surface area contributed by atoms with Crippen LogP contribution < -0.4 is 5.32 Å². The van der Waals surface area contributed by atoms with E-state index in [1.807, 2.05) is 20.8 Å². The Labute approximate surface area is 101 Å². The van der Waals surface area contributed by atoms with Gasteiger partial charge < -0.3 is 15.0 Å². The van der Waals surface area contributed by atoms with Crippen molar-refractivity contribution < 1.29 is 13.9 Å². The first-order chi connectivity index (χ1) is 7.87. The van der Waals surface area contributed by atoms with E-state index < -0.39 is 17.9 Å². The topological polar surface area (TPSA) is 41.6 Å². The maximum atomic E-state index is 13.9. The zero-order chi connectivity index (χ0) is 12.6. The third kappa shape index (κ3) is 2.89.